The molecule has 1 unspecified atom stereocenters. The summed E-state index contributed by atoms with van der Waals surface area (Å²) >= 11 is 12.5. The van der Waals surface area contributed by atoms with Crippen molar-refractivity contribution in [3.05, 3.63) is 45.1 Å². The number of carbonyl (C=O) groups is 3. The maximum absolute atomic E-state index is 13.2. The van der Waals surface area contributed by atoms with Crippen molar-refractivity contribution in [2.45, 2.75) is 39.7 Å². The maximum atomic E-state index is 13.2. The van der Waals surface area contributed by atoms with Crippen LogP contribution in [0.4, 0.5) is 4.79 Å². The second kappa shape index (κ2) is 11.9. The highest BCUT2D eigenvalue weighted by atomic mass is 35.5. The van der Waals surface area contributed by atoms with E-state index in [1.807, 2.05) is 6.92 Å². The van der Waals surface area contributed by atoms with Crippen molar-refractivity contribution in [2.75, 3.05) is 39.4 Å². The highest BCUT2D eigenvalue weighted by Gasteiger charge is 2.39. The Labute approximate surface area is 210 Å². The predicted molar refractivity (Wildman–Crippen MR) is 130 cm³/mol. The molecule has 0 spiro atoms. The average molecular weight is 512 g/mol. The van der Waals surface area contributed by atoms with Gasteiger partial charge in [-0.2, -0.15) is 0 Å². The Balaban J connectivity index is 1.96. The number of ether oxygens (including phenoxy) is 2. The molecular formula is C24H31Cl2N3O5. The van der Waals surface area contributed by atoms with Crippen molar-refractivity contribution in [2.24, 2.45) is 5.92 Å². The Morgan fingerprint density at radius 1 is 1.09 bits per heavy atom. The summed E-state index contributed by atoms with van der Waals surface area (Å²) in [6.07, 6.45) is 1.32. The van der Waals surface area contributed by atoms with Crippen LogP contribution in [0.25, 0.3) is 0 Å². The molecule has 1 saturated heterocycles. The Kier molecular flexibility index (Phi) is 9.22. The first-order valence-corrected chi connectivity index (χ1v) is 12.4. The van der Waals surface area contributed by atoms with Crippen LogP contribution in [0, 0.1) is 5.92 Å². The minimum absolute atomic E-state index is 0.132. The van der Waals surface area contributed by atoms with Gasteiger partial charge in [0, 0.05) is 28.8 Å². The topological polar surface area (TPSA) is 88.2 Å². The Morgan fingerprint density at radius 2 is 1.76 bits per heavy atom. The number of nitrogens with zero attached hydrogens (tertiary/aromatic N) is 2. The van der Waals surface area contributed by atoms with Crippen LogP contribution in [0.2, 0.25) is 10.0 Å². The number of amides is 2. The fraction of sp³-hybridized carbons (Fsp3) is 0.542. The molecular weight excluding hydrogens is 481 g/mol. The van der Waals surface area contributed by atoms with Crippen molar-refractivity contribution in [1.29, 1.82) is 0 Å². The summed E-state index contributed by atoms with van der Waals surface area (Å²) in [5.74, 6) is -0.807. The van der Waals surface area contributed by atoms with Crippen LogP contribution in [-0.4, -0.2) is 67.2 Å². The summed E-state index contributed by atoms with van der Waals surface area (Å²) < 4.78 is 10.6. The number of likely N-dealkylation sites (N-methyl/N-ethyl adjacent to an activating group) is 1. The molecule has 186 valence electrons. The standard InChI is InChI=1S/C24H31Cl2N3O5/c1-4-29-19(14-28-11-9-15(10-12-28)22(30)33-5-2)20(23(31)34-6-3)21(27-24(29)32)17-8-7-16(25)13-18(17)26/h7-8,13,15,21H,4-6,9-12,14H2,1-3H3,(H,27,32). The van der Waals surface area contributed by atoms with E-state index in [4.69, 9.17) is 32.7 Å². The molecule has 1 fully saturated rings. The molecule has 1 aromatic rings. The molecule has 1 atom stereocenters. The van der Waals surface area contributed by atoms with E-state index in [-0.39, 0.29) is 24.5 Å². The second-order valence-electron chi connectivity index (χ2n) is 8.18. The van der Waals surface area contributed by atoms with Gasteiger partial charge >= 0.3 is 18.0 Å². The van der Waals surface area contributed by atoms with Gasteiger partial charge in [-0.3, -0.25) is 14.6 Å². The van der Waals surface area contributed by atoms with Gasteiger partial charge in [-0.1, -0.05) is 29.3 Å². The normalized spacial score (nSPS) is 19.7. The first-order valence-electron chi connectivity index (χ1n) is 11.6. The van der Waals surface area contributed by atoms with Gasteiger partial charge in [0.2, 0.25) is 0 Å². The van der Waals surface area contributed by atoms with Crippen LogP contribution in [-0.2, 0) is 19.1 Å². The van der Waals surface area contributed by atoms with Crippen LogP contribution in [0.15, 0.2) is 29.5 Å². The zero-order valence-corrected chi connectivity index (χ0v) is 21.2. The van der Waals surface area contributed by atoms with E-state index >= 15 is 0 Å². The lowest BCUT2D eigenvalue weighted by molar-refractivity contribution is -0.149. The first kappa shape index (κ1) is 26.3. The van der Waals surface area contributed by atoms with Gasteiger partial charge in [-0.05, 0) is 64.4 Å². The van der Waals surface area contributed by atoms with E-state index in [0.717, 1.165) is 0 Å². The lowest BCUT2D eigenvalue weighted by Crippen LogP contribution is -2.51. The van der Waals surface area contributed by atoms with Gasteiger partial charge in [0.25, 0.3) is 0 Å². The molecule has 0 aliphatic carbocycles. The van der Waals surface area contributed by atoms with Gasteiger partial charge in [0.15, 0.2) is 0 Å². The van der Waals surface area contributed by atoms with Crippen LogP contribution < -0.4 is 5.32 Å². The van der Waals surface area contributed by atoms with Crippen LogP contribution in [0.5, 0.6) is 0 Å². The van der Waals surface area contributed by atoms with Crippen molar-refractivity contribution >= 4 is 41.2 Å². The fourth-order valence-electron chi connectivity index (χ4n) is 4.43. The highest BCUT2D eigenvalue weighted by molar-refractivity contribution is 6.35. The molecule has 2 aliphatic rings. The molecule has 2 aliphatic heterocycles. The number of carbonyl (C=O) groups excluding carboxylic acids is 3. The predicted octanol–water partition coefficient (Wildman–Crippen LogP) is 4.17. The third-order valence-electron chi connectivity index (χ3n) is 6.10. The van der Waals surface area contributed by atoms with Crippen LogP contribution in [0.1, 0.15) is 45.2 Å². The van der Waals surface area contributed by atoms with Gasteiger partial charge in [-0.25, -0.2) is 9.59 Å². The number of nitrogens with one attached hydrogen (secondary N) is 1. The molecule has 10 heteroatoms. The molecule has 0 saturated carbocycles. The molecule has 2 amide bonds. The summed E-state index contributed by atoms with van der Waals surface area (Å²) in [7, 11) is 0. The second-order valence-corrected chi connectivity index (χ2v) is 9.02. The lowest BCUT2D eigenvalue weighted by atomic mass is 9.93. The summed E-state index contributed by atoms with van der Waals surface area (Å²) in [5.41, 5.74) is 1.49. The minimum Gasteiger partial charge on any atom is -0.466 e. The summed E-state index contributed by atoms with van der Waals surface area (Å²) in [4.78, 5) is 42.1. The molecule has 3 rings (SSSR count). The number of halogens is 2. The number of esters is 2. The van der Waals surface area contributed by atoms with Crippen LogP contribution in [0.3, 0.4) is 0 Å². The number of benzene rings is 1. The summed E-state index contributed by atoms with van der Waals surface area (Å²) in [5, 5.41) is 3.71. The smallest absolute Gasteiger partial charge is 0.338 e. The Bertz CT molecular complexity index is 960. The minimum atomic E-state index is -0.772. The number of piperidine rings is 1. The SMILES string of the molecule is CCOC(=O)C1=C(CN2CCC(C(=O)OCC)CC2)N(CC)C(=O)NC1c1ccc(Cl)cc1Cl. The number of likely N-dealkylation sites (tertiary alicyclic amines) is 1. The molecule has 34 heavy (non-hydrogen) atoms. The molecule has 0 bridgehead atoms. The van der Waals surface area contributed by atoms with Gasteiger partial charge in [0.1, 0.15) is 0 Å². The molecule has 2 heterocycles. The van der Waals surface area contributed by atoms with E-state index in [0.29, 0.717) is 72.5 Å². The van der Waals surface area contributed by atoms with E-state index in [1.54, 1.807) is 36.9 Å². The Morgan fingerprint density at radius 3 is 2.35 bits per heavy atom. The third-order valence-corrected chi connectivity index (χ3v) is 6.67. The van der Waals surface area contributed by atoms with Crippen molar-refractivity contribution in [3.63, 3.8) is 0 Å². The summed E-state index contributed by atoms with van der Waals surface area (Å²) in [6, 6.07) is 3.87. The van der Waals surface area contributed by atoms with Gasteiger partial charge < -0.3 is 14.8 Å². The quantitative estimate of drug-likeness (QED) is 0.526. The van der Waals surface area contributed by atoms with Crippen molar-refractivity contribution in [3.8, 4) is 0 Å². The van der Waals surface area contributed by atoms with Gasteiger partial charge in [0.05, 0.1) is 30.7 Å². The highest BCUT2D eigenvalue weighted by Crippen LogP contribution is 2.36. The fourth-order valence-corrected chi connectivity index (χ4v) is 4.94. The molecule has 0 aromatic heterocycles. The average Bonchev–Trinajstić information content (AvgIpc) is 2.79. The molecule has 1 N–H and O–H groups in total. The number of hydrogen-bond acceptors (Lipinski definition) is 6. The third kappa shape index (κ3) is 5.85. The van der Waals surface area contributed by atoms with Crippen LogP contribution >= 0.6 is 23.2 Å². The van der Waals surface area contributed by atoms with Crippen molar-refractivity contribution < 1.29 is 23.9 Å². The zero-order chi connectivity index (χ0) is 24.8. The van der Waals surface area contributed by atoms with Crippen molar-refractivity contribution in [1.82, 2.24) is 15.1 Å². The number of urea groups is 1. The van der Waals surface area contributed by atoms with E-state index in [2.05, 4.69) is 10.2 Å². The molecule has 8 nitrogen and oxygen atoms in total. The summed E-state index contributed by atoms with van der Waals surface area (Å²) in [6.45, 7) is 7.99. The largest absolute Gasteiger partial charge is 0.466 e. The number of hydrogen-bond donors (Lipinski definition) is 1. The van der Waals surface area contributed by atoms with E-state index in [9.17, 15) is 14.4 Å². The zero-order valence-electron chi connectivity index (χ0n) is 19.7. The Hall–Kier alpha value is -2.29. The lowest BCUT2D eigenvalue weighted by Gasteiger charge is -2.39. The molecule has 1 aromatic carbocycles. The first-order chi connectivity index (χ1) is 16.3. The van der Waals surface area contributed by atoms with E-state index in [1.165, 1.54) is 0 Å². The monoisotopic (exact) mass is 511 g/mol. The molecule has 0 radical (unpaired) electrons. The van der Waals surface area contributed by atoms with E-state index < -0.39 is 12.0 Å². The van der Waals surface area contributed by atoms with Gasteiger partial charge in [-0.15, -0.1) is 0 Å². The maximum Gasteiger partial charge on any atom is 0.338 e. The number of rotatable bonds is 8.